The lowest BCUT2D eigenvalue weighted by molar-refractivity contribution is 0.0616. The summed E-state index contributed by atoms with van der Waals surface area (Å²) in [6, 6.07) is 7.45. The van der Waals surface area contributed by atoms with E-state index in [1.807, 2.05) is 24.3 Å². The Morgan fingerprint density at radius 1 is 1.27 bits per heavy atom. The van der Waals surface area contributed by atoms with Crippen LogP contribution in [0.15, 0.2) is 24.3 Å². The first kappa shape index (κ1) is 11.7. The van der Waals surface area contributed by atoms with Gasteiger partial charge in [0.25, 0.3) is 0 Å². The quantitative estimate of drug-likeness (QED) is 0.418. The van der Waals surface area contributed by atoms with Crippen LogP contribution >= 0.6 is 0 Å². The Labute approximate surface area is 89.5 Å². The summed E-state index contributed by atoms with van der Waals surface area (Å²) in [5, 5.41) is 7.23. The highest BCUT2D eigenvalue weighted by Gasteiger charge is 1.97. The number of hydrogen-bond acceptors (Lipinski definition) is 3. The van der Waals surface area contributed by atoms with Gasteiger partial charge < -0.3 is 15.2 Å². The first-order valence-electron chi connectivity index (χ1n) is 4.74. The fourth-order valence-corrected chi connectivity index (χ4v) is 1.11. The second-order valence-corrected chi connectivity index (χ2v) is 3.16. The van der Waals surface area contributed by atoms with Crippen molar-refractivity contribution in [3.05, 3.63) is 35.4 Å². The third kappa shape index (κ3) is 4.10. The average Bonchev–Trinajstić information content (AvgIpc) is 2.25. The highest BCUT2D eigenvalue weighted by Crippen LogP contribution is 2.04. The van der Waals surface area contributed by atoms with Gasteiger partial charge in [-0.2, -0.15) is 0 Å². The van der Waals surface area contributed by atoms with Crippen molar-refractivity contribution in [2.75, 3.05) is 20.3 Å². The minimum Gasteiger partial charge on any atom is -0.384 e. The van der Waals surface area contributed by atoms with Crippen LogP contribution in [0.5, 0.6) is 0 Å². The van der Waals surface area contributed by atoms with Crippen LogP contribution < -0.4 is 5.73 Å². The fraction of sp³-hybridized carbons (Fsp3) is 0.364. The molecule has 3 N–H and O–H groups in total. The number of rotatable bonds is 6. The Morgan fingerprint density at radius 3 is 2.47 bits per heavy atom. The van der Waals surface area contributed by atoms with E-state index >= 15 is 0 Å². The summed E-state index contributed by atoms with van der Waals surface area (Å²) < 4.78 is 10.2. The van der Waals surface area contributed by atoms with E-state index in [-0.39, 0.29) is 5.84 Å². The first-order chi connectivity index (χ1) is 7.24. The minimum atomic E-state index is 0.0850. The molecule has 0 aliphatic heterocycles. The Hall–Kier alpha value is -1.39. The molecular formula is C11H16N2O2. The van der Waals surface area contributed by atoms with Gasteiger partial charge in [-0.05, 0) is 5.56 Å². The molecule has 0 saturated carbocycles. The van der Waals surface area contributed by atoms with E-state index in [1.165, 1.54) is 0 Å². The average molecular weight is 208 g/mol. The topological polar surface area (TPSA) is 68.3 Å². The maximum atomic E-state index is 7.23. The molecule has 0 unspecified atom stereocenters. The molecule has 4 nitrogen and oxygen atoms in total. The molecule has 1 aromatic rings. The van der Waals surface area contributed by atoms with Crippen LogP contribution in [0.4, 0.5) is 0 Å². The monoisotopic (exact) mass is 208 g/mol. The maximum absolute atomic E-state index is 7.23. The number of ether oxygens (including phenoxy) is 2. The summed E-state index contributed by atoms with van der Waals surface area (Å²) in [5.41, 5.74) is 7.14. The van der Waals surface area contributed by atoms with Crippen molar-refractivity contribution in [1.82, 2.24) is 0 Å². The summed E-state index contributed by atoms with van der Waals surface area (Å²) >= 11 is 0. The number of nitrogens with one attached hydrogen (secondary N) is 1. The smallest absolute Gasteiger partial charge is 0.122 e. The van der Waals surface area contributed by atoms with E-state index in [0.717, 1.165) is 11.1 Å². The lowest BCUT2D eigenvalue weighted by atomic mass is 10.1. The summed E-state index contributed by atoms with van der Waals surface area (Å²) in [7, 11) is 1.64. The van der Waals surface area contributed by atoms with Crippen LogP contribution in [0.3, 0.4) is 0 Å². The van der Waals surface area contributed by atoms with Crippen molar-refractivity contribution in [2.24, 2.45) is 5.73 Å². The van der Waals surface area contributed by atoms with Gasteiger partial charge in [0.2, 0.25) is 0 Å². The van der Waals surface area contributed by atoms with E-state index in [4.69, 9.17) is 20.6 Å². The van der Waals surface area contributed by atoms with Crippen LogP contribution in [0.1, 0.15) is 11.1 Å². The van der Waals surface area contributed by atoms with Crippen LogP contribution in [0, 0.1) is 5.41 Å². The SMILES string of the molecule is COCCOCc1ccc(C(=N)N)cc1. The number of benzene rings is 1. The second kappa shape index (κ2) is 6.16. The van der Waals surface area contributed by atoms with Gasteiger partial charge in [-0.25, -0.2) is 0 Å². The predicted molar refractivity (Wildman–Crippen MR) is 59.0 cm³/mol. The Morgan fingerprint density at radius 2 is 1.93 bits per heavy atom. The van der Waals surface area contributed by atoms with Gasteiger partial charge in [0.05, 0.1) is 19.8 Å². The van der Waals surface area contributed by atoms with Gasteiger partial charge in [-0.3, -0.25) is 5.41 Å². The molecule has 1 aromatic carbocycles. The molecule has 0 bridgehead atoms. The molecule has 0 saturated heterocycles. The summed E-state index contributed by atoms with van der Waals surface area (Å²) in [6.45, 7) is 1.75. The number of hydrogen-bond donors (Lipinski definition) is 2. The van der Waals surface area contributed by atoms with Gasteiger partial charge in [-0.15, -0.1) is 0 Å². The summed E-state index contributed by atoms with van der Waals surface area (Å²) in [5.74, 6) is 0.0850. The minimum absolute atomic E-state index is 0.0850. The zero-order chi connectivity index (χ0) is 11.1. The molecule has 0 aliphatic carbocycles. The Balaban J connectivity index is 2.39. The third-order valence-corrected chi connectivity index (χ3v) is 1.97. The molecule has 0 amide bonds. The molecule has 1 rings (SSSR count). The van der Waals surface area contributed by atoms with E-state index in [1.54, 1.807) is 7.11 Å². The van der Waals surface area contributed by atoms with E-state index < -0.39 is 0 Å². The molecule has 0 spiro atoms. The van der Waals surface area contributed by atoms with Crippen LogP contribution in [-0.2, 0) is 16.1 Å². The van der Waals surface area contributed by atoms with Crippen molar-refractivity contribution < 1.29 is 9.47 Å². The molecule has 0 aliphatic rings. The van der Waals surface area contributed by atoms with Crippen molar-refractivity contribution in [2.45, 2.75) is 6.61 Å². The first-order valence-corrected chi connectivity index (χ1v) is 4.74. The van der Waals surface area contributed by atoms with Gasteiger partial charge in [0, 0.05) is 12.7 Å². The number of methoxy groups -OCH3 is 1. The van der Waals surface area contributed by atoms with Crippen molar-refractivity contribution >= 4 is 5.84 Å². The maximum Gasteiger partial charge on any atom is 0.122 e. The predicted octanol–water partition coefficient (Wildman–Crippen LogP) is 1.13. The largest absolute Gasteiger partial charge is 0.384 e. The summed E-state index contributed by atoms with van der Waals surface area (Å²) in [6.07, 6.45) is 0. The number of nitrogen functional groups attached to an aromatic ring is 1. The Bertz CT molecular complexity index is 309. The molecule has 82 valence electrons. The van der Waals surface area contributed by atoms with Gasteiger partial charge in [-0.1, -0.05) is 24.3 Å². The lowest BCUT2D eigenvalue weighted by Crippen LogP contribution is -2.10. The molecule has 0 radical (unpaired) electrons. The lowest BCUT2D eigenvalue weighted by Gasteiger charge is -2.04. The number of nitrogens with two attached hydrogens (primary N) is 1. The van der Waals surface area contributed by atoms with Gasteiger partial charge in [0.15, 0.2) is 0 Å². The van der Waals surface area contributed by atoms with Crippen LogP contribution in [0.25, 0.3) is 0 Å². The normalized spacial score (nSPS) is 10.2. The molecule has 0 atom stereocenters. The van der Waals surface area contributed by atoms with Gasteiger partial charge in [0.1, 0.15) is 5.84 Å². The highest BCUT2D eigenvalue weighted by atomic mass is 16.5. The zero-order valence-corrected chi connectivity index (χ0v) is 8.82. The summed E-state index contributed by atoms with van der Waals surface area (Å²) in [4.78, 5) is 0. The van der Waals surface area contributed by atoms with Gasteiger partial charge >= 0.3 is 0 Å². The van der Waals surface area contributed by atoms with E-state index in [9.17, 15) is 0 Å². The molecule has 0 fully saturated rings. The molecular weight excluding hydrogens is 192 g/mol. The molecule has 4 heteroatoms. The standard InChI is InChI=1S/C11H16N2O2/c1-14-6-7-15-8-9-2-4-10(5-3-9)11(12)13/h2-5H,6-8H2,1H3,(H3,12,13). The number of amidine groups is 1. The second-order valence-electron chi connectivity index (χ2n) is 3.16. The highest BCUT2D eigenvalue weighted by molar-refractivity contribution is 5.94. The third-order valence-electron chi connectivity index (χ3n) is 1.97. The van der Waals surface area contributed by atoms with Crippen molar-refractivity contribution in [3.63, 3.8) is 0 Å². The van der Waals surface area contributed by atoms with Crippen LogP contribution in [0.2, 0.25) is 0 Å². The fourth-order valence-electron chi connectivity index (χ4n) is 1.11. The van der Waals surface area contributed by atoms with Crippen molar-refractivity contribution in [1.29, 1.82) is 5.41 Å². The Kier molecular flexibility index (Phi) is 4.80. The van der Waals surface area contributed by atoms with Crippen LogP contribution in [-0.4, -0.2) is 26.2 Å². The zero-order valence-electron chi connectivity index (χ0n) is 8.82. The van der Waals surface area contributed by atoms with Crippen molar-refractivity contribution in [3.8, 4) is 0 Å². The van der Waals surface area contributed by atoms with E-state index in [0.29, 0.717) is 19.8 Å². The van der Waals surface area contributed by atoms with E-state index in [2.05, 4.69) is 0 Å². The molecule has 0 heterocycles. The molecule has 0 aromatic heterocycles. The molecule has 15 heavy (non-hydrogen) atoms.